The number of rotatable bonds is 3. The molecule has 0 aliphatic carbocycles. The molecule has 3 aromatic rings. The van der Waals surface area contributed by atoms with Crippen LogP contribution in [0.25, 0.3) is 11.4 Å². The lowest BCUT2D eigenvalue weighted by Crippen LogP contribution is -2.18. The van der Waals surface area contributed by atoms with Crippen molar-refractivity contribution < 1.29 is 4.52 Å². The molecule has 0 aliphatic heterocycles. The van der Waals surface area contributed by atoms with Gasteiger partial charge in [-0.05, 0) is 11.6 Å². The molecule has 5 nitrogen and oxygen atoms in total. The second-order valence-electron chi connectivity index (χ2n) is 4.50. The Kier molecular flexibility index (Phi) is 3.16. The van der Waals surface area contributed by atoms with Crippen molar-refractivity contribution in [2.24, 2.45) is 0 Å². The zero-order chi connectivity index (χ0) is 13.9. The fourth-order valence-corrected chi connectivity index (χ4v) is 1.96. The van der Waals surface area contributed by atoms with Crippen LogP contribution in [0.2, 0.25) is 0 Å². The lowest BCUT2D eigenvalue weighted by molar-refractivity contribution is 0.394. The second-order valence-corrected chi connectivity index (χ2v) is 4.50. The van der Waals surface area contributed by atoms with E-state index in [1.807, 2.05) is 30.3 Å². The minimum absolute atomic E-state index is 0.00892. The summed E-state index contributed by atoms with van der Waals surface area (Å²) in [4.78, 5) is 15.8. The third kappa shape index (κ3) is 2.51. The van der Waals surface area contributed by atoms with Crippen LogP contribution in [0.1, 0.15) is 11.5 Å². The van der Waals surface area contributed by atoms with Gasteiger partial charge in [0.1, 0.15) is 0 Å². The molecule has 0 bridgehead atoms. The molecule has 0 N–H and O–H groups in total. The Labute approximate surface area is 115 Å². The minimum Gasteiger partial charge on any atom is -0.339 e. The summed E-state index contributed by atoms with van der Waals surface area (Å²) >= 11 is 0. The molecule has 2 aromatic heterocycles. The molecule has 0 amide bonds. The summed E-state index contributed by atoms with van der Waals surface area (Å²) in [6.07, 6.45) is 1.78. The Morgan fingerprint density at radius 1 is 1.15 bits per heavy atom. The summed E-state index contributed by atoms with van der Waals surface area (Å²) in [7, 11) is 0. The van der Waals surface area contributed by atoms with Gasteiger partial charge in [-0.25, -0.2) is 0 Å². The maximum absolute atomic E-state index is 11.6. The number of aryl methyl sites for hydroxylation is 1. The first-order valence-corrected chi connectivity index (χ1v) is 6.27. The summed E-state index contributed by atoms with van der Waals surface area (Å²) in [6, 6.07) is 12.9. The van der Waals surface area contributed by atoms with E-state index in [0.29, 0.717) is 18.3 Å². The average Bonchev–Trinajstić information content (AvgIpc) is 2.89. The number of benzene rings is 1. The van der Waals surface area contributed by atoms with E-state index in [-0.39, 0.29) is 5.56 Å². The normalized spacial score (nSPS) is 10.7. The second kappa shape index (κ2) is 5.13. The van der Waals surface area contributed by atoms with Gasteiger partial charge < -0.3 is 9.09 Å². The number of hydrogen-bond acceptors (Lipinski definition) is 4. The van der Waals surface area contributed by atoms with Crippen LogP contribution in [-0.2, 0) is 6.54 Å². The summed E-state index contributed by atoms with van der Waals surface area (Å²) in [5.74, 6) is 1.12. The van der Waals surface area contributed by atoms with Gasteiger partial charge in [-0.2, -0.15) is 4.98 Å². The first kappa shape index (κ1) is 12.3. The highest BCUT2D eigenvalue weighted by Crippen LogP contribution is 2.16. The molecular weight excluding hydrogens is 254 g/mol. The molecule has 2 heterocycles. The van der Waals surface area contributed by atoms with Crippen LogP contribution in [-0.4, -0.2) is 14.7 Å². The topological polar surface area (TPSA) is 60.9 Å². The number of pyridine rings is 1. The highest BCUT2D eigenvalue weighted by molar-refractivity contribution is 5.54. The molecule has 0 spiro atoms. The zero-order valence-corrected chi connectivity index (χ0v) is 11.0. The standard InChI is InChI=1S/C15H13N3O2/c1-11-16-15(17-20-11)13-7-5-12(6-8-13)10-18-9-3-2-4-14(18)19/h2-9H,10H2,1H3. The van der Waals surface area contributed by atoms with Gasteiger partial charge in [0.25, 0.3) is 5.56 Å². The monoisotopic (exact) mass is 267 g/mol. The van der Waals surface area contributed by atoms with Crippen molar-refractivity contribution >= 4 is 0 Å². The van der Waals surface area contributed by atoms with E-state index in [0.717, 1.165) is 11.1 Å². The molecule has 5 heteroatoms. The van der Waals surface area contributed by atoms with Gasteiger partial charge in [-0.1, -0.05) is 35.5 Å². The average molecular weight is 267 g/mol. The highest BCUT2D eigenvalue weighted by atomic mass is 16.5. The lowest BCUT2D eigenvalue weighted by atomic mass is 10.1. The zero-order valence-electron chi connectivity index (χ0n) is 11.0. The fraction of sp³-hybridized carbons (Fsp3) is 0.133. The van der Waals surface area contributed by atoms with Gasteiger partial charge in [0.05, 0.1) is 6.54 Å². The molecule has 0 saturated heterocycles. The van der Waals surface area contributed by atoms with Gasteiger partial charge in [0, 0.05) is 24.8 Å². The van der Waals surface area contributed by atoms with Gasteiger partial charge in [-0.3, -0.25) is 4.79 Å². The summed E-state index contributed by atoms with van der Waals surface area (Å²) < 4.78 is 6.61. The Morgan fingerprint density at radius 3 is 2.60 bits per heavy atom. The SMILES string of the molecule is Cc1nc(-c2ccc(Cn3ccccc3=O)cc2)no1. The van der Waals surface area contributed by atoms with E-state index in [1.54, 1.807) is 29.8 Å². The van der Waals surface area contributed by atoms with E-state index < -0.39 is 0 Å². The van der Waals surface area contributed by atoms with Crippen molar-refractivity contribution in [2.75, 3.05) is 0 Å². The van der Waals surface area contributed by atoms with Crippen molar-refractivity contribution in [1.29, 1.82) is 0 Å². The van der Waals surface area contributed by atoms with E-state index in [9.17, 15) is 4.79 Å². The van der Waals surface area contributed by atoms with Crippen molar-refractivity contribution in [3.8, 4) is 11.4 Å². The molecule has 0 unspecified atom stereocenters. The van der Waals surface area contributed by atoms with Crippen LogP contribution in [0.5, 0.6) is 0 Å². The number of nitrogens with zero attached hydrogens (tertiary/aromatic N) is 3. The predicted molar refractivity (Wildman–Crippen MR) is 74.3 cm³/mol. The van der Waals surface area contributed by atoms with Gasteiger partial charge in [0.15, 0.2) is 0 Å². The molecule has 0 saturated carbocycles. The van der Waals surface area contributed by atoms with Gasteiger partial charge >= 0.3 is 0 Å². The third-order valence-electron chi connectivity index (χ3n) is 2.99. The summed E-state index contributed by atoms with van der Waals surface area (Å²) in [5.41, 5.74) is 1.93. The quantitative estimate of drug-likeness (QED) is 0.730. The smallest absolute Gasteiger partial charge is 0.250 e. The molecule has 0 radical (unpaired) electrons. The Bertz CT molecular complexity index is 772. The highest BCUT2D eigenvalue weighted by Gasteiger charge is 2.05. The Hall–Kier alpha value is -2.69. The maximum atomic E-state index is 11.6. The Balaban J connectivity index is 1.83. The van der Waals surface area contributed by atoms with E-state index >= 15 is 0 Å². The summed E-state index contributed by atoms with van der Waals surface area (Å²) in [5, 5.41) is 3.87. The van der Waals surface area contributed by atoms with Crippen LogP contribution in [0.15, 0.2) is 58.0 Å². The van der Waals surface area contributed by atoms with E-state index in [1.165, 1.54) is 0 Å². The first-order chi connectivity index (χ1) is 9.72. The van der Waals surface area contributed by atoms with Gasteiger partial charge in [-0.15, -0.1) is 0 Å². The molecule has 0 atom stereocenters. The first-order valence-electron chi connectivity index (χ1n) is 6.27. The largest absolute Gasteiger partial charge is 0.339 e. The molecule has 0 fully saturated rings. The predicted octanol–water partition coefficient (Wildman–Crippen LogP) is 2.26. The van der Waals surface area contributed by atoms with Crippen LogP contribution in [0.4, 0.5) is 0 Å². The minimum atomic E-state index is -0.00892. The van der Waals surface area contributed by atoms with Gasteiger partial charge in [0.2, 0.25) is 11.7 Å². The number of hydrogen-bond donors (Lipinski definition) is 0. The molecule has 100 valence electrons. The molecular formula is C15H13N3O2. The molecule has 20 heavy (non-hydrogen) atoms. The van der Waals surface area contributed by atoms with E-state index in [2.05, 4.69) is 10.1 Å². The fourth-order valence-electron chi connectivity index (χ4n) is 1.96. The third-order valence-corrected chi connectivity index (χ3v) is 2.99. The molecule has 0 aliphatic rings. The van der Waals surface area contributed by atoms with Crippen LogP contribution < -0.4 is 5.56 Å². The van der Waals surface area contributed by atoms with Crippen molar-refractivity contribution in [2.45, 2.75) is 13.5 Å². The van der Waals surface area contributed by atoms with Crippen LogP contribution in [0.3, 0.4) is 0 Å². The van der Waals surface area contributed by atoms with Crippen LogP contribution >= 0.6 is 0 Å². The van der Waals surface area contributed by atoms with Crippen molar-refractivity contribution in [3.05, 3.63) is 70.5 Å². The van der Waals surface area contributed by atoms with E-state index in [4.69, 9.17) is 4.52 Å². The molecule has 1 aromatic carbocycles. The Morgan fingerprint density at radius 2 is 1.95 bits per heavy atom. The summed E-state index contributed by atoms with van der Waals surface area (Å²) in [6.45, 7) is 2.30. The van der Waals surface area contributed by atoms with Crippen molar-refractivity contribution in [3.63, 3.8) is 0 Å². The molecule has 3 rings (SSSR count). The van der Waals surface area contributed by atoms with Crippen molar-refractivity contribution in [1.82, 2.24) is 14.7 Å². The maximum Gasteiger partial charge on any atom is 0.250 e. The van der Waals surface area contributed by atoms with Crippen LogP contribution in [0, 0.1) is 6.92 Å². The number of aromatic nitrogens is 3. The lowest BCUT2D eigenvalue weighted by Gasteiger charge is -2.05.